The second-order valence-corrected chi connectivity index (χ2v) is 10.2. The number of anilines is 1. The van der Waals surface area contributed by atoms with Gasteiger partial charge in [-0.05, 0) is 88.8 Å². The molecule has 9 heteroatoms. The minimum atomic E-state index is -0.680. The van der Waals surface area contributed by atoms with Crippen molar-refractivity contribution in [3.8, 4) is 5.69 Å². The maximum Gasteiger partial charge on any atom is 0.269 e. The molecule has 0 radical (unpaired) electrons. The number of hydrogen-bond acceptors (Lipinski definition) is 4. The van der Waals surface area contributed by atoms with E-state index in [0.29, 0.717) is 11.4 Å². The zero-order valence-electron chi connectivity index (χ0n) is 18.5. The molecule has 5 rings (SSSR count). The maximum absolute atomic E-state index is 14.5. The molecule has 1 aliphatic rings. The van der Waals surface area contributed by atoms with Gasteiger partial charge < -0.3 is 5.32 Å². The van der Waals surface area contributed by atoms with E-state index >= 15 is 0 Å². The number of fused-ring (bicyclic) bond motifs is 2. The number of nitrogens with zero attached hydrogens (tertiary/aromatic N) is 2. The van der Waals surface area contributed by atoms with Crippen LogP contribution in [-0.4, -0.2) is 21.2 Å². The Morgan fingerprint density at radius 3 is 2.71 bits per heavy atom. The van der Waals surface area contributed by atoms with E-state index in [1.54, 1.807) is 6.07 Å². The van der Waals surface area contributed by atoms with Crippen molar-refractivity contribution in [2.24, 2.45) is 0 Å². The Morgan fingerprint density at radius 2 is 1.89 bits per heavy atom. The van der Waals surface area contributed by atoms with E-state index in [9.17, 15) is 18.4 Å². The lowest BCUT2D eigenvalue weighted by Gasteiger charge is -2.14. The molecule has 1 amide bonds. The van der Waals surface area contributed by atoms with Crippen molar-refractivity contribution in [3.05, 3.63) is 92.2 Å². The Balaban J connectivity index is 1.39. The number of amides is 1. The molecule has 0 saturated heterocycles. The van der Waals surface area contributed by atoms with Gasteiger partial charge in [-0.3, -0.25) is 14.2 Å². The fraction of sp³-hybridized carbons (Fsp3) is 0.192. The van der Waals surface area contributed by atoms with Crippen molar-refractivity contribution in [2.45, 2.75) is 30.8 Å². The molecule has 0 unspecified atom stereocenters. The quantitative estimate of drug-likeness (QED) is 0.233. The van der Waals surface area contributed by atoms with Gasteiger partial charge >= 0.3 is 0 Å². The van der Waals surface area contributed by atoms with Crippen LogP contribution in [0, 0.1) is 11.6 Å². The molecule has 1 aromatic heterocycles. The Morgan fingerprint density at radius 1 is 1.06 bits per heavy atom. The Labute approximate surface area is 212 Å². The molecule has 0 bridgehead atoms. The minimum Gasteiger partial charge on any atom is -0.326 e. The van der Waals surface area contributed by atoms with Crippen LogP contribution in [0.25, 0.3) is 16.6 Å². The monoisotopic (exact) mass is 555 g/mol. The summed E-state index contributed by atoms with van der Waals surface area (Å²) in [4.78, 5) is 30.3. The molecule has 5 nitrogen and oxygen atoms in total. The van der Waals surface area contributed by atoms with Gasteiger partial charge in [-0.25, -0.2) is 13.8 Å². The number of halogens is 3. The van der Waals surface area contributed by atoms with Gasteiger partial charge in [0.2, 0.25) is 5.91 Å². The molecule has 35 heavy (non-hydrogen) atoms. The first-order chi connectivity index (χ1) is 16.9. The van der Waals surface area contributed by atoms with Gasteiger partial charge in [0.1, 0.15) is 17.0 Å². The number of aromatic nitrogens is 2. The molecule has 1 N–H and O–H groups in total. The van der Waals surface area contributed by atoms with E-state index in [1.807, 2.05) is 12.1 Å². The lowest BCUT2D eigenvalue weighted by Crippen LogP contribution is -2.23. The van der Waals surface area contributed by atoms with Gasteiger partial charge in [0.15, 0.2) is 5.16 Å². The van der Waals surface area contributed by atoms with Crippen LogP contribution in [-0.2, 0) is 17.6 Å². The molecule has 0 atom stereocenters. The zero-order chi connectivity index (χ0) is 24.5. The molecule has 0 fully saturated rings. The summed E-state index contributed by atoms with van der Waals surface area (Å²) < 4.78 is 29.7. The number of carbonyl (C=O) groups excluding carboxylic acids is 1. The molecule has 1 heterocycles. The van der Waals surface area contributed by atoms with Crippen molar-refractivity contribution in [2.75, 3.05) is 11.1 Å². The van der Waals surface area contributed by atoms with Crippen LogP contribution in [0.2, 0.25) is 0 Å². The van der Waals surface area contributed by atoms with Gasteiger partial charge in [-0.2, -0.15) is 0 Å². The Hall–Kier alpha value is -3.04. The highest BCUT2D eigenvalue weighted by atomic mass is 79.9. The highest BCUT2D eigenvalue weighted by Gasteiger charge is 2.18. The number of nitrogens with one attached hydrogen (secondary N) is 1. The first kappa shape index (κ1) is 23.7. The zero-order valence-corrected chi connectivity index (χ0v) is 20.9. The third kappa shape index (κ3) is 4.88. The van der Waals surface area contributed by atoms with Crippen molar-refractivity contribution in [1.82, 2.24) is 9.55 Å². The first-order valence-corrected chi connectivity index (χ1v) is 12.9. The average Bonchev–Trinajstić information content (AvgIpc) is 3.29. The summed E-state index contributed by atoms with van der Waals surface area (Å²) in [5.41, 5.74) is 3.34. The predicted octanol–water partition coefficient (Wildman–Crippen LogP) is 6.04. The Kier molecular flexibility index (Phi) is 6.71. The molecule has 1 aliphatic carbocycles. The van der Waals surface area contributed by atoms with Crippen LogP contribution >= 0.6 is 27.7 Å². The highest BCUT2D eigenvalue weighted by molar-refractivity contribution is 9.10. The highest BCUT2D eigenvalue weighted by Crippen LogP contribution is 2.27. The standard InChI is InChI=1S/C26H20BrF2N3O2S/c27-19-14-18(9-10-20(19)28)32-25(34)24-21(29)5-2-6-22(24)31-26(32)35-12-11-23(33)30-17-8-7-15-3-1-4-16(15)13-17/h2,5-10,13-14H,1,3-4,11-12H2,(H,30,33). The van der Waals surface area contributed by atoms with Crippen LogP contribution in [0.1, 0.15) is 24.0 Å². The number of aryl methyl sites for hydroxylation is 2. The predicted molar refractivity (Wildman–Crippen MR) is 137 cm³/mol. The largest absolute Gasteiger partial charge is 0.326 e. The average molecular weight is 556 g/mol. The van der Waals surface area contributed by atoms with Crippen molar-refractivity contribution in [3.63, 3.8) is 0 Å². The number of benzene rings is 3. The lowest BCUT2D eigenvalue weighted by molar-refractivity contribution is -0.115. The summed E-state index contributed by atoms with van der Waals surface area (Å²) in [5.74, 6) is -0.980. The third-order valence-electron chi connectivity index (χ3n) is 5.92. The molecule has 3 aromatic carbocycles. The van der Waals surface area contributed by atoms with E-state index < -0.39 is 17.2 Å². The lowest BCUT2D eigenvalue weighted by atomic mass is 10.1. The van der Waals surface area contributed by atoms with E-state index in [-0.39, 0.29) is 32.9 Å². The van der Waals surface area contributed by atoms with Gasteiger partial charge in [-0.1, -0.05) is 23.9 Å². The number of carbonyl (C=O) groups is 1. The second kappa shape index (κ2) is 9.91. The molecule has 4 aromatic rings. The van der Waals surface area contributed by atoms with Crippen LogP contribution < -0.4 is 10.9 Å². The first-order valence-electron chi connectivity index (χ1n) is 11.1. The third-order valence-corrected chi connectivity index (χ3v) is 7.47. The molecular weight excluding hydrogens is 536 g/mol. The number of rotatable bonds is 6. The smallest absolute Gasteiger partial charge is 0.269 e. The topological polar surface area (TPSA) is 64.0 Å². The molecule has 0 saturated carbocycles. The van der Waals surface area contributed by atoms with Crippen LogP contribution in [0.5, 0.6) is 0 Å². The van der Waals surface area contributed by atoms with E-state index in [2.05, 4.69) is 32.3 Å². The summed E-state index contributed by atoms with van der Waals surface area (Å²) in [7, 11) is 0. The van der Waals surface area contributed by atoms with Gasteiger partial charge in [0, 0.05) is 17.9 Å². The van der Waals surface area contributed by atoms with Gasteiger partial charge in [-0.15, -0.1) is 0 Å². The van der Waals surface area contributed by atoms with E-state index in [0.717, 1.165) is 24.9 Å². The molecule has 0 aliphatic heterocycles. The maximum atomic E-state index is 14.5. The summed E-state index contributed by atoms with van der Waals surface area (Å²) in [6, 6.07) is 14.3. The molecule has 0 spiro atoms. The fourth-order valence-electron chi connectivity index (χ4n) is 4.23. The second-order valence-electron chi connectivity index (χ2n) is 8.25. The fourth-order valence-corrected chi connectivity index (χ4v) is 5.54. The summed E-state index contributed by atoms with van der Waals surface area (Å²) >= 11 is 4.34. The normalized spacial score (nSPS) is 12.7. The summed E-state index contributed by atoms with van der Waals surface area (Å²) in [6.07, 6.45) is 3.43. The van der Waals surface area contributed by atoms with Crippen molar-refractivity contribution < 1.29 is 13.6 Å². The van der Waals surface area contributed by atoms with Crippen molar-refractivity contribution >= 4 is 50.2 Å². The molecule has 178 valence electrons. The van der Waals surface area contributed by atoms with E-state index in [4.69, 9.17) is 0 Å². The van der Waals surface area contributed by atoms with E-state index in [1.165, 1.54) is 57.8 Å². The van der Waals surface area contributed by atoms with Crippen LogP contribution in [0.3, 0.4) is 0 Å². The Bertz CT molecular complexity index is 1520. The summed E-state index contributed by atoms with van der Waals surface area (Å²) in [6.45, 7) is 0. The van der Waals surface area contributed by atoms with Crippen LogP contribution in [0.15, 0.2) is 69.0 Å². The number of thioether (sulfide) groups is 1. The minimum absolute atomic E-state index is 0.147. The number of hydrogen-bond donors (Lipinski definition) is 1. The van der Waals surface area contributed by atoms with Crippen molar-refractivity contribution in [1.29, 1.82) is 0 Å². The summed E-state index contributed by atoms with van der Waals surface area (Å²) in [5, 5.41) is 3.07. The van der Waals surface area contributed by atoms with Crippen LogP contribution in [0.4, 0.5) is 14.5 Å². The molecular formula is C26H20BrF2N3O2S. The van der Waals surface area contributed by atoms with Gasteiger partial charge in [0.05, 0.1) is 15.7 Å². The SMILES string of the molecule is O=C(CCSc1nc2cccc(F)c2c(=O)n1-c1ccc(F)c(Br)c1)Nc1ccc2c(c1)CCC2. The van der Waals surface area contributed by atoms with Gasteiger partial charge in [0.25, 0.3) is 5.56 Å².